The molecule has 16 heteroatoms. The van der Waals surface area contributed by atoms with Gasteiger partial charge in [0.25, 0.3) is 11.8 Å². The van der Waals surface area contributed by atoms with Crippen LogP contribution in [0.5, 0.6) is 0 Å². The molecular weight excluding hydrogens is 971 g/mol. The number of aromatic carboxylic acids is 4. The van der Waals surface area contributed by atoms with Crippen LogP contribution in [0.1, 0.15) is 112 Å². The summed E-state index contributed by atoms with van der Waals surface area (Å²) in [6, 6.07) is 33.3. The molecule has 14 nitrogen and oxygen atoms in total. The summed E-state index contributed by atoms with van der Waals surface area (Å²) in [5.74, 6) is -4.39. The topological polar surface area (TPSA) is 227 Å². The Kier molecular flexibility index (Phi) is 33.0. The van der Waals surface area contributed by atoms with E-state index in [1.54, 1.807) is 107 Å². The second-order valence-corrected chi connectivity index (χ2v) is 14.1. The predicted octanol–water partition coefficient (Wildman–Crippen LogP) is 4.56. The smallest absolute Gasteiger partial charge is 0.545 e. The molecule has 0 radical (unpaired) electrons. The number of hydrogen-bond donors (Lipinski definition) is 0. The van der Waals surface area contributed by atoms with Gasteiger partial charge in [-0.3, -0.25) is 19.6 Å². The molecule has 0 aliphatic rings. The van der Waals surface area contributed by atoms with Crippen molar-refractivity contribution in [1.29, 1.82) is 0 Å². The van der Waals surface area contributed by atoms with E-state index in [2.05, 4.69) is 9.97 Å². The van der Waals surface area contributed by atoms with Gasteiger partial charge in [0.2, 0.25) is 0 Å². The molecule has 0 aliphatic heterocycles. The average molecular weight is 1030 g/mol. The van der Waals surface area contributed by atoms with E-state index in [1.807, 2.05) is 55.4 Å². The van der Waals surface area contributed by atoms with Crippen LogP contribution >= 0.6 is 0 Å². The predicted molar refractivity (Wildman–Crippen MR) is 245 cm³/mol. The van der Waals surface area contributed by atoms with E-state index in [4.69, 9.17) is 0 Å². The molecular formula is C52H56N4O10Zn2. The number of benzene rings is 4. The molecule has 4 aromatic carbocycles. The number of nitrogens with zero attached hydrogens (tertiary/aromatic N) is 4. The van der Waals surface area contributed by atoms with Crippen LogP contribution in [0, 0.1) is 27.7 Å². The molecule has 0 bridgehead atoms. The fraction of sp³-hybridized carbons (Fsp3) is 0.231. The molecule has 2 amide bonds. The van der Waals surface area contributed by atoms with Gasteiger partial charge in [-0.05, 0) is 102 Å². The molecule has 6 aromatic rings. The van der Waals surface area contributed by atoms with E-state index in [0.29, 0.717) is 11.1 Å². The fourth-order valence-corrected chi connectivity index (χ4v) is 5.12. The van der Waals surface area contributed by atoms with Gasteiger partial charge in [0.05, 0.1) is 35.0 Å². The molecule has 2 aromatic heterocycles. The van der Waals surface area contributed by atoms with Crippen LogP contribution in [0.3, 0.4) is 0 Å². The number of carboxylic acid groups (broad SMARTS) is 4. The molecule has 0 saturated carbocycles. The van der Waals surface area contributed by atoms with Crippen molar-refractivity contribution in [3.8, 4) is 0 Å². The van der Waals surface area contributed by atoms with Gasteiger partial charge < -0.3 is 49.4 Å². The minimum absolute atomic E-state index is 0. The Balaban J connectivity index is 0. The van der Waals surface area contributed by atoms with Crippen molar-refractivity contribution < 1.29 is 88.1 Å². The Morgan fingerprint density at radius 2 is 0.574 bits per heavy atom. The summed E-state index contributed by atoms with van der Waals surface area (Å²) >= 11 is 0. The van der Waals surface area contributed by atoms with Crippen molar-refractivity contribution in [2.45, 2.75) is 55.4 Å². The van der Waals surface area contributed by atoms with E-state index < -0.39 is 23.9 Å². The molecule has 6 rings (SSSR count). The standard InChI is InChI=1S/2C10H14N2O.4C8H8O2.2Zn/c2*1-3-12(4-2)10(13)9-6-5-7-11-8-9;4*1-6-2-4-7(5-3-6)8(9)10;;/h2*5-8H,3-4H2,1-2H3;4*2-5H,1H3,(H,9,10);;/q;;;;;;2*+2/p-4. The normalized spacial score (nSPS) is 9.18. The van der Waals surface area contributed by atoms with Crippen LogP contribution in [0.4, 0.5) is 0 Å². The molecule has 348 valence electrons. The number of rotatable bonds is 10. The van der Waals surface area contributed by atoms with Crippen molar-refractivity contribution in [2.24, 2.45) is 0 Å². The van der Waals surface area contributed by atoms with E-state index in [-0.39, 0.29) is 73.0 Å². The maximum Gasteiger partial charge on any atom is 2.00 e. The Hall–Kier alpha value is -6.75. The van der Waals surface area contributed by atoms with Gasteiger partial charge in [-0.15, -0.1) is 0 Å². The molecule has 0 atom stereocenters. The Bertz CT molecular complexity index is 2100. The van der Waals surface area contributed by atoms with Crippen molar-refractivity contribution in [1.82, 2.24) is 19.8 Å². The molecule has 0 spiro atoms. The van der Waals surface area contributed by atoms with Gasteiger partial charge in [-0.1, -0.05) is 119 Å². The maximum atomic E-state index is 11.7. The van der Waals surface area contributed by atoms with E-state index >= 15 is 0 Å². The monoisotopic (exact) mass is 1020 g/mol. The van der Waals surface area contributed by atoms with Crippen molar-refractivity contribution in [3.05, 3.63) is 202 Å². The number of pyridine rings is 2. The average Bonchev–Trinajstić information content (AvgIpc) is 3.32. The van der Waals surface area contributed by atoms with Gasteiger partial charge in [-0.2, -0.15) is 0 Å². The number of hydrogen-bond acceptors (Lipinski definition) is 12. The Labute approximate surface area is 424 Å². The van der Waals surface area contributed by atoms with Crippen LogP contribution < -0.4 is 20.4 Å². The summed E-state index contributed by atoms with van der Waals surface area (Å²) in [7, 11) is 0. The molecule has 0 fully saturated rings. The third-order valence-electron chi connectivity index (χ3n) is 9.07. The Morgan fingerprint density at radius 3 is 0.721 bits per heavy atom. The third kappa shape index (κ3) is 25.2. The van der Waals surface area contributed by atoms with Crippen LogP contribution in [0.2, 0.25) is 0 Å². The van der Waals surface area contributed by atoms with Gasteiger partial charge >= 0.3 is 39.0 Å². The second-order valence-electron chi connectivity index (χ2n) is 14.1. The molecule has 0 unspecified atom stereocenters. The van der Waals surface area contributed by atoms with Gasteiger partial charge in [-0.25, -0.2) is 0 Å². The molecule has 0 saturated heterocycles. The van der Waals surface area contributed by atoms with E-state index in [1.165, 1.54) is 48.5 Å². The Morgan fingerprint density at radius 1 is 0.368 bits per heavy atom. The number of amides is 2. The zero-order chi connectivity index (χ0) is 49.6. The summed E-state index contributed by atoms with van der Waals surface area (Å²) in [6.45, 7) is 18.4. The van der Waals surface area contributed by atoms with E-state index in [9.17, 15) is 49.2 Å². The first-order chi connectivity index (χ1) is 31.4. The summed E-state index contributed by atoms with van der Waals surface area (Å²) in [6.07, 6.45) is 6.53. The second kappa shape index (κ2) is 35.4. The van der Waals surface area contributed by atoms with Gasteiger partial charge in [0.1, 0.15) is 0 Å². The number of carbonyl (C=O) groups is 6. The molecule has 2 heterocycles. The summed E-state index contributed by atoms with van der Waals surface area (Å²) in [5.41, 5.74) is 6.41. The molecule has 68 heavy (non-hydrogen) atoms. The summed E-state index contributed by atoms with van der Waals surface area (Å²) < 4.78 is 0. The third-order valence-corrected chi connectivity index (χ3v) is 9.07. The largest absolute Gasteiger partial charge is 2.00 e. The van der Waals surface area contributed by atoms with Crippen molar-refractivity contribution in [3.63, 3.8) is 0 Å². The molecule has 0 aliphatic carbocycles. The number of carbonyl (C=O) groups excluding carboxylic acids is 6. The number of carboxylic acids is 4. The minimum Gasteiger partial charge on any atom is -0.545 e. The van der Waals surface area contributed by atoms with Crippen LogP contribution in [-0.2, 0) is 39.0 Å². The van der Waals surface area contributed by atoms with Crippen LogP contribution in [0.25, 0.3) is 0 Å². The molecule has 0 N–H and O–H groups in total. The number of aromatic nitrogens is 2. The van der Waals surface area contributed by atoms with Crippen molar-refractivity contribution >= 4 is 35.7 Å². The summed E-state index contributed by atoms with van der Waals surface area (Å²) in [5, 5.41) is 40.8. The van der Waals surface area contributed by atoms with Gasteiger partial charge in [0, 0.05) is 51.0 Å². The minimum atomic E-state index is -1.12. The maximum absolute atomic E-state index is 11.7. The van der Waals surface area contributed by atoms with E-state index in [0.717, 1.165) is 48.4 Å². The van der Waals surface area contributed by atoms with Crippen LogP contribution in [0.15, 0.2) is 146 Å². The zero-order valence-corrected chi connectivity index (χ0v) is 45.9. The summed E-state index contributed by atoms with van der Waals surface area (Å²) in [4.78, 5) is 75.6. The van der Waals surface area contributed by atoms with Crippen LogP contribution in [-0.4, -0.2) is 81.6 Å². The first kappa shape index (κ1) is 63.3. The first-order valence-corrected chi connectivity index (χ1v) is 20.9. The SMILES string of the molecule is CCN(CC)C(=O)c1cccnc1.CCN(CC)C(=O)c1cccnc1.Cc1ccc(C(=O)[O-])cc1.Cc1ccc(C(=O)[O-])cc1.Cc1ccc(C(=O)[O-])cc1.Cc1ccc(C(=O)[O-])cc1.[Zn+2].[Zn+2]. The van der Waals surface area contributed by atoms with Crippen molar-refractivity contribution in [2.75, 3.05) is 26.2 Å². The quantitative estimate of drug-likeness (QED) is 0.172. The zero-order valence-electron chi connectivity index (χ0n) is 40.0. The number of aryl methyl sites for hydroxylation is 4. The first-order valence-electron chi connectivity index (χ1n) is 20.9. The fourth-order valence-electron chi connectivity index (χ4n) is 5.12. The van der Waals surface area contributed by atoms with Gasteiger partial charge in [0.15, 0.2) is 0 Å².